The number of anilines is 1. The average Bonchev–Trinajstić information content (AvgIpc) is 2.69. The lowest BCUT2D eigenvalue weighted by molar-refractivity contribution is -0.135. The van der Waals surface area contributed by atoms with Crippen molar-refractivity contribution in [2.24, 2.45) is 5.73 Å². The van der Waals surface area contributed by atoms with Crippen LogP contribution < -0.4 is 11.1 Å². The molecule has 1 aromatic carbocycles. The number of hydrogen-bond acceptors (Lipinski definition) is 6. The molecule has 152 valence electrons. The molecule has 2 heterocycles. The lowest BCUT2D eigenvalue weighted by Gasteiger charge is -2.36. The van der Waals surface area contributed by atoms with E-state index in [-0.39, 0.29) is 18.4 Å². The number of piperazine rings is 1. The van der Waals surface area contributed by atoms with E-state index < -0.39 is 5.91 Å². The van der Waals surface area contributed by atoms with E-state index in [4.69, 9.17) is 10.5 Å². The second-order valence-electron chi connectivity index (χ2n) is 7.04. The highest BCUT2D eigenvalue weighted by Crippen LogP contribution is 2.10. The van der Waals surface area contributed by atoms with E-state index in [9.17, 15) is 14.4 Å². The van der Waals surface area contributed by atoms with Crippen LogP contribution in [-0.2, 0) is 14.3 Å². The second-order valence-corrected chi connectivity index (χ2v) is 7.04. The fourth-order valence-electron chi connectivity index (χ4n) is 3.33. The number of nitrogens with one attached hydrogen (secondary N) is 1. The number of primary amides is 1. The van der Waals surface area contributed by atoms with Crippen LogP contribution in [0.25, 0.3) is 0 Å². The summed E-state index contributed by atoms with van der Waals surface area (Å²) in [6, 6.07) is 6.47. The minimum Gasteiger partial charge on any atom is -0.379 e. The van der Waals surface area contributed by atoms with Crippen LogP contribution in [0.3, 0.4) is 0 Å². The van der Waals surface area contributed by atoms with Crippen molar-refractivity contribution in [2.75, 3.05) is 70.9 Å². The van der Waals surface area contributed by atoms with Gasteiger partial charge in [-0.05, 0) is 24.3 Å². The largest absolute Gasteiger partial charge is 0.379 e. The number of carbonyl (C=O) groups is 3. The molecule has 0 unspecified atom stereocenters. The van der Waals surface area contributed by atoms with Gasteiger partial charge in [0.1, 0.15) is 0 Å². The Bertz CT molecular complexity index is 695. The van der Waals surface area contributed by atoms with Crippen molar-refractivity contribution in [2.45, 2.75) is 0 Å². The molecule has 1 aromatic rings. The van der Waals surface area contributed by atoms with Crippen molar-refractivity contribution < 1.29 is 19.1 Å². The van der Waals surface area contributed by atoms with Gasteiger partial charge in [0.2, 0.25) is 17.7 Å². The molecule has 0 atom stereocenters. The Morgan fingerprint density at radius 2 is 1.50 bits per heavy atom. The van der Waals surface area contributed by atoms with Gasteiger partial charge in [0.05, 0.1) is 26.3 Å². The summed E-state index contributed by atoms with van der Waals surface area (Å²) in [7, 11) is 0. The van der Waals surface area contributed by atoms with Gasteiger partial charge >= 0.3 is 0 Å². The monoisotopic (exact) mass is 389 g/mol. The summed E-state index contributed by atoms with van der Waals surface area (Å²) in [5.74, 6) is -0.487. The number of rotatable bonds is 6. The fourth-order valence-corrected chi connectivity index (χ4v) is 3.33. The standard InChI is InChI=1S/C19H27N5O4/c20-19(27)15-1-3-16(4-2-15)21-17(25)13-22-5-7-24(8-6-22)18(26)14-23-9-11-28-12-10-23/h1-4H,5-14H2,(H2,20,27)(H,21,25). The summed E-state index contributed by atoms with van der Waals surface area (Å²) in [4.78, 5) is 41.8. The summed E-state index contributed by atoms with van der Waals surface area (Å²) >= 11 is 0. The minimum absolute atomic E-state index is 0.125. The van der Waals surface area contributed by atoms with Gasteiger partial charge in [0.15, 0.2) is 0 Å². The van der Waals surface area contributed by atoms with E-state index in [0.29, 0.717) is 57.2 Å². The summed E-state index contributed by atoms with van der Waals surface area (Å²) < 4.78 is 5.30. The third-order valence-corrected chi connectivity index (χ3v) is 5.01. The van der Waals surface area contributed by atoms with Crippen LogP contribution in [0.1, 0.15) is 10.4 Å². The summed E-state index contributed by atoms with van der Waals surface area (Å²) in [6.07, 6.45) is 0. The quantitative estimate of drug-likeness (QED) is 0.660. The number of nitrogens with zero attached hydrogens (tertiary/aromatic N) is 3. The maximum absolute atomic E-state index is 12.4. The van der Waals surface area contributed by atoms with Gasteiger partial charge < -0.3 is 20.7 Å². The molecule has 2 aliphatic heterocycles. The minimum atomic E-state index is -0.501. The Hall–Kier alpha value is -2.49. The Morgan fingerprint density at radius 1 is 0.893 bits per heavy atom. The lowest BCUT2D eigenvalue weighted by Crippen LogP contribution is -2.53. The number of ether oxygens (including phenoxy) is 1. The summed E-state index contributed by atoms with van der Waals surface area (Å²) in [5, 5.41) is 2.81. The van der Waals surface area contributed by atoms with E-state index >= 15 is 0 Å². The SMILES string of the molecule is NC(=O)c1ccc(NC(=O)CN2CCN(C(=O)CN3CCOCC3)CC2)cc1. The van der Waals surface area contributed by atoms with E-state index in [1.54, 1.807) is 24.3 Å². The first-order valence-corrected chi connectivity index (χ1v) is 9.51. The van der Waals surface area contributed by atoms with Crippen LogP contribution in [0.5, 0.6) is 0 Å². The van der Waals surface area contributed by atoms with E-state index in [1.807, 2.05) is 9.80 Å². The van der Waals surface area contributed by atoms with Crippen molar-refractivity contribution in [3.63, 3.8) is 0 Å². The van der Waals surface area contributed by atoms with Gasteiger partial charge in [-0.15, -0.1) is 0 Å². The smallest absolute Gasteiger partial charge is 0.248 e. The molecule has 3 N–H and O–H groups in total. The third kappa shape index (κ3) is 5.75. The Labute approximate surface area is 164 Å². The zero-order chi connectivity index (χ0) is 19.9. The molecule has 0 radical (unpaired) electrons. The highest BCUT2D eigenvalue weighted by molar-refractivity contribution is 5.95. The molecule has 3 amide bonds. The molecule has 0 aromatic heterocycles. The molecule has 0 aliphatic carbocycles. The number of amides is 3. The predicted octanol–water partition coefficient (Wildman–Crippen LogP) is -0.800. The lowest BCUT2D eigenvalue weighted by atomic mass is 10.2. The maximum atomic E-state index is 12.4. The predicted molar refractivity (Wildman–Crippen MR) is 104 cm³/mol. The second kappa shape index (κ2) is 9.63. The van der Waals surface area contributed by atoms with Crippen molar-refractivity contribution >= 4 is 23.4 Å². The zero-order valence-corrected chi connectivity index (χ0v) is 15.9. The molecule has 9 nitrogen and oxygen atoms in total. The molecule has 0 spiro atoms. The molecule has 3 rings (SSSR count). The Balaban J connectivity index is 1.39. The average molecular weight is 389 g/mol. The zero-order valence-electron chi connectivity index (χ0n) is 15.9. The highest BCUT2D eigenvalue weighted by Gasteiger charge is 2.24. The van der Waals surface area contributed by atoms with Crippen LogP contribution >= 0.6 is 0 Å². The fraction of sp³-hybridized carbons (Fsp3) is 0.526. The Morgan fingerprint density at radius 3 is 2.11 bits per heavy atom. The number of carbonyl (C=O) groups excluding carboxylic acids is 3. The number of benzene rings is 1. The molecule has 2 fully saturated rings. The van der Waals surface area contributed by atoms with E-state index in [0.717, 1.165) is 13.1 Å². The number of morpholine rings is 1. The van der Waals surface area contributed by atoms with Crippen molar-refractivity contribution in [3.8, 4) is 0 Å². The number of hydrogen-bond donors (Lipinski definition) is 2. The van der Waals surface area contributed by atoms with Crippen LogP contribution in [-0.4, -0.2) is 98.0 Å². The van der Waals surface area contributed by atoms with Crippen LogP contribution in [0.4, 0.5) is 5.69 Å². The van der Waals surface area contributed by atoms with E-state index in [1.165, 1.54) is 0 Å². The first-order chi connectivity index (χ1) is 13.5. The van der Waals surface area contributed by atoms with Crippen molar-refractivity contribution in [1.29, 1.82) is 0 Å². The van der Waals surface area contributed by atoms with Crippen LogP contribution in [0.15, 0.2) is 24.3 Å². The molecule has 28 heavy (non-hydrogen) atoms. The summed E-state index contributed by atoms with van der Waals surface area (Å²) in [5.41, 5.74) is 6.22. The van der Waals surface area contributed by atoms with Crippen LogP contribution in [0, 0.1) is 0 Å². The van der Waals surface area contributed by atoms with Crippen molar-refractivity contribution in [1.82, 2.24) is 14.7 Å². The topological polar surface area (TPSA) is 108 Å². The molecule has 0 bridgehead atoms. The number of nitrogens with two attached hydrogens (primary N) is 1. The van der Waals surface area contributed by atoms with Gasteiger partial charge in [0, 0.05) is 50.5 Å². The van der Waals surface area contributed by atoms with Gasteiger partial charge in [-0.1, -0.05) is 0 Å². The van der Waals surface area contributed by atoms with Gasteiger partial charge in [-0.2, -0.15) is 0 Å². The molecule has 2 aliphatic rings. The molecular weight excluding hydrogens is 362 g/mol. The van der Waals surface area contributed by atoms with Gasteiger partial charge in [0.25, 0.3) is 0 Å². The maximum Gasteiger partial charge on any atom is 0.248 e. The van der Waals surface area contributed by atoms with Crippen LogP contribution in [0.2, 0.25) is 0 Å². The van der Waals surface area contributed by atoms with Crippen molar-refractivity contribution in [3.05, 3.63) is 29.8 Å². The molecular formula is C19H27N5O4. The normalized spacial score (nSPS) is 18.6. The third-order valence-electron chi connectivity index (χ3n) is 5.01. The molecule has 0 saturated carbocycles. The first-order valence-electron chi connectivity index (χ1n) is 9.51. The Kier molecular flexibility index (Phi) is 6.96. The highest BCUT2D eigenvalue weighted by atomic mass is 16.5. The van der Waals surface area contributed by atoms with Gasteiger partial charge in [-0.25, -0.2) is 0 Å². The first kappa shape index (κ1) is 20.2. The molecule has 2 saturated heterocycles. The van der Waals surface area contributed by atoms with E-state index in [2.05, 4.69) is 10.2 Å². The summed E-state index contributed by atoms with van der Waals surface area (Å²) in [6.45, 7) is 6.26. The van der Waals surface area contributed by atoms with Gasteiger partial charge in [-0.3, -0.25) is 24.2 Å². The molecule has 9 heteroatoms.